The summed E-state index contributed by atoms with van der Waals surface area (Å²) in [5.74, 6) is 0. The molecule has 27 heavy (non-hydrogen) atoms. The van der Waals surface area contributed by atoms with Gasteiger partial charge in [-0.3, -0.25) is 9.98 Å². The van der Waals surface area contributed by atoms with E-state index in [-0.39, 0.29) is 5.54 Å². The molecule has 1 aromatic heterocycles. The first kappa shape index (κ1) is 17.6. The molecule has 1 saturated carbocycles. The first-order valence-electron chi connectivity index (χ1n) is 9.56. The minimum atomic E-state index is -0.128. The summed E-state index contributed by atoms with van der Waals surface area (Å²) in [5, 5.41) is 0. The minimum absolute atomic E-state index is 0.128. The predicted octanol–water partition coefficient (Wildman–Crippen LogP) is 5.09. The molecule has 3 heteroatoms. The van der Waals surface area contributed by atoms with Gasteiger partial charge in [-0.05, 0) is 54.5 Å². The first-order chi connectivity index (χ1) is 13.1. The van der Waals surface area contributed by atoms with E-state index in [9.17, 15) is 0 Å². The van der Waals surface area contributed by atoms with Gasteiger partial charge in [-0.1, -0.05) is 54.6 Å². The molecule has 1 fully saturated rings. The maximum absolute atomic E-state index is 6.48. The molecule has 2 aromatic carbocycles. The van der Waals surface area contributed by atoms with Crippen molar-refractivity contribution in [3.05, 3.63) is 95.3 Å². The molecule has 0 atom stereocenters. The quantitative estimate of drug-likeness (QED) is 0.648. The molecule has 0 unspecified atom stereocenters. The van der Waals surface area contributed by atoms with Crippen LogP contribution in [0, 0.1) is 6.92 Å². The molecule has 3 nitrogen and oxygen atoms in total. The summed E-state index contributed by atoms with van der Waals surface area (Å²) < 4.78 is 0. The number of hydrogen-bond donors (Lipinski definition) is 1. The summed E-state index contributed by atoms with van der Waals surface area (Å²) >= 11 is 0. The van der Waals surface area contributed by atoms with Crippen molar-refractivity contribution in [2.75, 3.05) is 0 Å². The van der Waals surface area contributed by atoms with Gasteiger partial charge in [0.2, 0.25) is 0 Å². The molecule has 0 radical (unpaired) electrons. The van der Waals surface area contributed by atoms with Crippen molar-refractivity contribution in [2.45, 2.75) is 38.1 Å². The van der Waals surface area contributed by atoms with E-state index in [1.807, 2.05) is 25.3 Å². The standard InChI is InChI=1S/C24H25N3/c1-18-17-26-15-12-22(18)27-23(16-19-6-3-2-4-7-19)20-8-10-21(11-9-20)24(25)13-5-14-24/h2-4,6-12,15,17H,5,13-14,16,25H2,1H3. The van der Waals surface area contributed by atoms with Crippen LogP contribution in [0.3, 0.4) is 0 Å². The Morgan fingerprint density at radius 2 is 1.78 bits per heavy atom. The van der Waals surface area contributed by atoms with Crippen LogP contribution in [-0.4, -0.2) is 10.7 Å². The fourth-order valence-electron chi connectivity index (χ4n) is 3.57. The number of rotatable bonds is 5. The van der Waals surface area contributed by atoms with E-state index in [4.69, 9.17) is 10.7 Å². The van der Waals surface area contributed by atoms with Gasteiger partial charge in [0.25, 0.3) is 0 Å². The molecule has 1 aliphatic rings. The topological polar surface area (TPSA) is 51.3 Å². The summed E-state index contributed by atoms with van der Waals surface area (Å²) in [6.07, 6.45) is 7.82. The average molecular weight is 355 g/mol. The van der Waals surface area contributed by atoms with Crippen molar-refractivity contribution in [3.63, 3.8) is 0 Å². The van der Waals surface area contributed by atoms with Gasteiger partial charge in [-0.15, -0.1) is 0 Å². The third kappa shape index (κ3) is 3.83. The molecule has 1 aliphatic carbocycles. The minimum Gasteiger partial charge on any atom is -0.321 e. The summed E-state index contributed by atoms with van der Waals surface area (Å²) in [7, 11) is 0. The Bertz CT molecular complexity index is 939. The Kier molecular flexibility index (Phi) is 4.87. The second-order valence-electron chi connectivity index (χ2n) is 7.47. The van der Waals surface area contributed by atoms with E-state index in [0.717, 1.165) is 41.8 Å². The Labute approximate surface area is 161 Å². The number of hydrogen-bond acceptors (Lipinski definition) is 3. The largest absolute Gasteiger partial charge is 0.321 e. The Balaban J connectivity index is 1.70. The van der Waals surface area contributed by atoms with Crippen molar-refractivity contribution in [2.24, 2.45) is 10.7 Å². The number of nitrogens with two attached hydrogens (primary N) is 1. The number of nitrogens with zero attached hydrogens (tertiary/aromatic N) is 2. The van der Waals surface area contributed by atoms with Crippen LogP contribution in [0.4, 0.5) is 5.69 Å². The molecule has 0 aliphatic heterocycles. The highest BCUT2D eigenvalue weighted by Crippen LogP contribution is 2.38. The van der Waals surface area contributed by atoms with Gasteiger partial charge in [-0.2, -0.15) is 0 Å². The van der Waals surface area contributed by atoms with Crippen molar-refractivity contribution < 1.29 is 0 Å². The van der Waals surface area contributed by atoms with Gasteiger partial charge >= 0.3 is 0 Å². The summed E-state index contributed by atoms with van der Waals surface area (Å²) in [6.45, 7) is 2.05. The monoisotopic (exact) mass is 355 g/mol. The third-order valence-electron chi connectivity index (χ3n) is 5.50. The van der Waals surface area contributed by atoms with Crippen molar-refractivity contribution >= 4 is 11.4 Å². The van der Waals surface area contributed by atoms with E-state index in [0.29, 0.717) is 0 Å². The van der Waals surface area contributed by atoms with Gasteiger partial charge in [0.05, 0.1) is 11.4 Å². The van der Waals surface area contributed by atoms with E-state index in [1.54, 1.807) is 6.20 Å². The van der Waals surface area contributed by atoms with Gasteiger partial charge in [0.1, 0.15) is 0 Å². The number of aromatic nitrogens is 1. The fraction of sp³-hybridized carbons (Fsp3) is 0.250. The molecular weight excluding hydrogens is 330 g/mol. The number of pyridine rings is 1. The Morgan fingerprint density at radius 3 is 2.41 bits per heavy atom. The number of aryl methyl sites for hydroxylation is 1. The van der Waals surface area contributed by atoms with Crippen LogP contribution in [-0.2, 0) is 12.0 Å². The Morgan fingerprint density at radius 1 is 1.04 bits per heavy atom. The zero-order valence-electron chi connectivity index (χ0n) is 15.7. The van der Waals surface area contributed by atoms with Gasteiger partial charge < -0.3 is 5.73 Å². The second-order valence-corrected chi connectivity index (χ2v) is 7.47. The molecule has 0 amide bonds. The summed E-state index contributed by atoms with van der Waals surface area (Å²) in [5.41, 5.74) is 13.1. The highest BCUT2D eigenvalue weighted by atomic mass is 14.8. The lowest BCUT2D eigenvalue weighted by Crippen LogP contribution is -2.43. The van der Waals surface area contributed by atoms with E-state index in [2.05, 4.69) is 53.5 Å². The van der Waals surface area contributed by atoms with Crippen molar-refractivity contribution in [1.29, 1.82) is 0 Å². The lowest BCUT2D eigenvalue weighted by atomic mass is 9.72. The molecule has 1 heterocycles. The van der Waals surface area contributed by atoms with E-state index >= 15 is 0 Å². The molecule has 2 N–H and O–H groups in total. The van der Waals surface area contributed by atoms with Crippen LogP contribution in [0.5, 0.6) is 0 Å². The van der Waals surface area contributed by atoms with Crippen LogP contribution in [0.15, 0.2) is 78.0 Å². The molecule has 136 valence electrons. The molecule has 0 saturated heterocycles. The lowest BCUT2D eigenvalue weighted by Gasteiger charge is -2.38. The average Bonchev–Trinajstić information content (AvgIpc) is 2.68. The zero-order valence-corrected chi connectivity index (χ0v) is 15.7. The normalized spacial score (nSPS) is 16.0. The van der Waals surface area contributed by atoms with Crippen LogP contribution < -0.4 is 5.73 Å². The number of aliphatic imine (C=N–C) groups is 1. The Hall–Kier alpha value is -2.78. The highest BCUT2D eigenvalue weighted by molar-refractivity contribution is 6.03. The smallest absolute Gasteiger partial charge is 0.0693 e. The SMILES string of the molecule is Cc1cnccc1N=C(Cc1ccccc1)c1ccc(C2(N)CCC2)cc1. The van der Waals surface area contributed by atoms with Crippen LogP contribution >= 0.6 is 0 Å². The molecule has 3 aromatic rings. The van der Waals surface area contributed by atoms with E-state index < -0.39 is 0 Å². The molecule has 4 rings (SSSR count). The maximum Gasteiger partial charge on any atom is 0.0693 e. The number of benzene rings is 2. The lowest BCUT2D eigenvalue weighted by molar-refractivity contribution is 0.253. The maximum atomic E-state index is 6.48. The van der Waals surface area contributed by atoms with Crippen molar-refractivity contribution in [3.8, 4) is 0 Å². The summed E-state index contributed by atoms with van der Waals surface area (Å²) in [4.78, 5) is 9.18. The first-order valence-corrected chi connectivity index (χ1v) is 9.56. The fourth-order valence-corrected chi connectivity index (χ4v) is 3.57. The van der Waals surface area contributed by atoms with Gasteiger partial charge in [-0.25, -0.2) is 0 Å². The predicted molar refractivity (Wildman–Crippen MR) is 111 cm³/mol. The highest BCUT2D eigenvalue weighted by Gasteiger charge is 2.34. The molecule has 0 spiro atoms. The molecular formula is C24H25N3. The zero-order chi connectivity index (χ0) is 18.7. The van der Waals surface area contributed by atoms with Gasteiger partial charge in [0, 0.05) is 24.4 Å². The van der Waals surface area contributed by atoms with Gasteiger partial charge in [0.15, 0.2) is 0 Å². The molecule has 0 bridgehead atoms. The van der Waals surface area contributed by atoms with Crippen molar-refractivity contribution in [1.82, 2.24) is 4.98 Å². The van der Waals surface area contributed by atoms with Crippen LogP contribution in [0.1, 0.15) is 41.5 Å². The second kappa shape index (κ2) is 7.45. The van der Waals surface area contributed by atoms with E-state index in [1.165, 1.54) is 17.5 Å². The van der Waals surface area contributed by atoms with Crippen LogP contribution in [0.2, 0.25) is 0 Å². The van der Waals surface area contributed by atoms with Crippen LogP contribution in [0.25, 0.3) is 0 Å². The third-order valence-corrected chi connectivity index (χ3v) is 5.50. The summed E-state index contributed by atoms with van der Waals surface area (Å²) in [6, 6.07) is 21.1.